The number of aryl methyl sites for hydroxylation is 1. The Morgan fingerprint density at radius 1 is 1.31 bits per heavy atom. The number of phosphoric ester groups is 1. The minimum Gasteiger partial charge on any atom is -0.508 e. The van der Waals surface area contributed by atoms with Gasteiger partial charge in [-0.1, -0.05) is 17.8 Å². The van der Waals surface area contributed by atoms with Crippen molar-refractivity contribution in [2.75, 3.05) is 12.3 Å². The lowest BCUT2D eigenvalue weighted by Crippen LogP contribution is -2.04. The van der Waals surface area contributed by atoms with E-state index in [9.17, 15) is 9.67 Å². The van der Waals surface area contributed by atoms with E-state index in [1.165, 1.54) is 11.8 Å². The van der Waals surface area contributed by atoms with Crippen molar-refractivity contribution in [3.8, 4) is 5.75 Å². The zero-order valence-corrected chi connectivity index (χ0v) is 15.1. The van der Waals surface area contributed by atoms with E-state index in [2.05, 4.69) is 19.5 Å². The van der Waals surface area contributed by atoms with Gasteiger partial charge in [-0.2, -0.15) is 4.98 Å². The molecule has 0 aliphatic carbocycles. The van der Waals surface area contributed by atoms with E-state index < -0.39 is 7.82 Å². The lowest BCUT2D eigenvalue weighted by Gasteiger charge is -2.07. The molecule has 0 aliphatic heterocycles. The number of nitrogen functional groups attached to an aromatic ring is 1. The van der Waals surface area contributed by atoms with Gasteiger partial charge in [0.25, 0.3) is 0 Å². The highest BCUT2D eigenvalue weighted by atomic mass is 32.2. The zero-order valence-electron chi connectivity index (χ0n) is 13.4. The third-order valence-corrected chi connectivity index (χ3v) is 4.77. The molecule has 5 N–H and O–H groups in total. The number of nitrogens with two attached hydrogens (primary N) is 1. The fourth-order valence-corrected chi connectivity index (χ4v) is 3.54. The average Bonchev–Trinajstić information content (AvgIpc) is 2.94. The molecule has 0 saturated heterocycles. The Labute approximate surface area is 152 Å². The van der Waals surface area contributed by atoms with Crippen LogP contribution >= 0.6 is 19.6 Å². The number of phosphoric acid groups is 1. The molecule has 2 heterocycles. The summed E-state index contributed by atoms with van der Waals surface area (Å²) in [7, 11) is -4.47. The van der Waals surface area contributed by atoms with Crippen molar-refractivity contribution in [2.45, 2.75) is 22.9 Å². The average molecular weight is 397 g/mol. The molecule has 26 heavy (non-hydrogen) atoms. The van der Waals surface area contributed by atoms with E-state index in [1.54, 1.807) is 29.1 Å². The first-order valence-corrected chi connectivity index (χ1v) is 9.82. The second-order valence-corrected chi connectivity index (χ2v) is 7.58. The summed E-state index contributed by atoms with van der Waals surface area (Å²) >= 11 is 1.30. The van der Waals surface area contributed by atoms with E-state index in [1.807, 2.05) is 6.07 Å². The van der Waals surface area contributed by atoms with Gasteiger partial charge in [0.05, 0.1) is 12.9 Å². The van der Waals surface area contributed by atoms with Crippen LogP contribution in [0.2, 0.25) is 0 Å². The van der Waals surface area contributed by atoms with Crippen LogP contribution in [0.3, 0.4) is 0 Å². The Bertz CT molecular complexity index is 976. The maximum absolute atomic E-state index is 10.7. The van der Waals surface area contributed by atoms with Crippen molar-refractivity contribution in [1.82, 2.24) is 19.5 Å². The monoisotopic (exact) mass is 397 g/mol. The second kappa shape index (κ2) is 7.60. The highest BCUT2D eigenvalue weighted by Gasteiger charge is 2.15. The Balaban J connectivity index is 1.81. The molecule has 0 saturated carbocycles. The minimum absolute atomic E-state index is 0.0772. The number of benzene rings is 1. The summed E-state index contributed by atoms with van der Waals surface area (Å²) in [6.45, 7) is 0.290. The van der Waals surface area contributed by atoms with Crippen LogP contribution in [0.5, 0.6) is 5.75 Å². The maximum Gasteiger partial charge on any atom is 0.469 e. The molecule has 0 amide bonds. The van der Waals surface area contributed by atoms with Crippen LogP contribution < -0.4 is 5.73 Å². The molecule has 0 fully saturated rings. The summed E-state index contributed by atoms with van der Waals surface area (Å²) in [5, 5.41) is 10.1. The van der Waals surface area contributed by atoms with Crippen LogP contribution in [0, 0.1) is 0 Å². The van der Waals surface area contributed by atoms with Gasteiger partial charge in [0.15, 0.2) is 5.65 Å². The van der Waals surface area contributed by atoms with E-state index in [0.717, 1.165) is 4.90 Å². The van der Waals surface area contributed by atoms with Crippen LogP contribution in [0.1, 0.15) is 6.42 Å². The SMILES string of the molecule is Nc1nc(Sc2cccc(O)c2)c2ncn(CCCOP(=O)(O)O)c2n1. The standard InChI is InChI=1S/C14H16N5O5PS/c15-14-17-12-11(13(18-14)26-10-4-1-3-9(20)7-10)16-8-19(12)5-2-6-24-25(21,22)23/h1,3-4,7-8,20H,2,5-6H2,(H2,15,17,18)(H2,21,22,23). The summed E-state index contributed by atoms with van der Waals surface area (Å²) in [5.41, 5.74) is 6.85. The largest absolute Gasteiger partial charge is 0.508 e. The lowest BCUT2D eigenvalue weighted by molar-refractivity contribution is 0.192. The van der Waals surface area contributed by atoms with Gasteiger partial charge >= 0.3 is 7.82 Å². The summed E-state index contributed by atoms with van der Waals surface area (Å²) < 4.78 is 16.8. The van der Waals surface area contributed by atoms with Crippen LogP contribution in [0.15, 0.2) is 40.5 Å². The van der Waals surface area contributed by atoms with Gasteiger partial charge in [0.2, 0.25) is 5.95 Å². The molecule has 2 aromatic heterocycles. The third-order valence-electron chi connectivity index (χ3n) is 3.28. The second-order valence-electron chi connectivity index (χ2n) is 5.27. The molecule has 3 aromatic rings. The molecule has 138 valence electrons. The van der Waals surface area contributed by atoms with Gasteiger partial charge in [-0.25, -0.2) is 14.5 Å². The number of phenolic OH excluding ortho intramolecular Hbond substituents is 1. The van der Waals surface area contributed by atoms with Gasteiger partial charge in [-0.15, -0.1) is 0 Å². The molecule has 0 unspecified atom stereocenters. The number of aromatic nitrogens is 4. The summed E-state index contributed by atoms with van der Waals surface area (Å²) in [4.78, 5) is 30.9. The van der Waals surface area contributed by atoms with Crippen molar-refractivity contribution in [1.29, 1.82) is 0 Å². The van der Waals surface area contributed by atoms with Gasteiger partial charge in [0, 0.05) is 11.4 Å². The predicted octanol–water partition coefficient (Wildman–Crippen LogP) is 1.76. The molecule has 0 spiro atoms. The number of fused-ring (bicyclic) bond motifs is 1. The first-order valence-electron chi connectivity index (χ1n) is 7.47. The van der Waals surface area contributed by atoms with Gasteiger partial charge in [-0.05, 0) is 24.6 Å². The topological polar surface area (TPSA) is 157 Å². The third kappa shape index (κ3) is 4.71. The maximum atomic E-state index is 10.7. The number of hydrogen-bond donors (Lipinski definition) is 4. The Hall–Kier alpha value is -2.17. The summed E-state index contributed by atoms with van der Waals surface area (Å²) in [5.74, 6) is 0.220. The van der Waals surface area contributed by atoms with Gasteiger partial charge in [0.1, 0.15) is 16.3 Å². The van der Waals surface area contributed by atoms with Crippen LogP contribution in [0.25, 0.3) is 11.2 Å². The van der Waals surface area contributed by atoms with E-state index >= 15 is 0 Å². The van der Waals surface area contributed by atoms with Crippen molar-refractivity contribution < 1.29 is 24.0 Å². The normalized spacial score (nSPS) is 11.9. The van der Waals surface area contributed by atoms with E-state index in [-0.39, 0.29) is 18.3 Å². The van der Waals surface area contributed by atoms with Crippen molar-refractivity contribution in [3.63, 3.8) is 0 Å². The Kier molecular flexibility index (Phi) is 5.44. The van der Waals surface area contributed by atoms with E-state index in [0.29, 0.717) is 29.2 Å². The van der Waals surface area contributed by atoms with Gasteiger partial charge in [-0.3, -0.25) is 4.52 Å². The first-order chi connectivity index (χ1) is 12.3. The molecule has 0 aliphatic rings. The van der Waals surface area contributed by atoms with Crippen molar-refractivity contribution in [2.24, 2.45) is 0 Å². The van der Waals surface area contributed by atoms with Crippen molar-refractivity contribution >= 4 is 36.7 Å². The number of phenols is 1. The molecular formula is C14H16N5O5PS. The zero-order chi connectivity index (χ0) is 18.7. The molecule has 0 radical (unpaired) electrons. The highest BCUT2D eigenvalue weighted by Crippen LogP contribution is 2.36. The molecule has 10 nitrogen and oxygen atoms in total. The number of hydrogen-bond acceptors (Lipinski definition) is 8. The quantitative estimate of drug-likeness (QED) is 0.263. The highest BCUT2D eigenvalue weighted by molar-refractivity contribution is 7.99. The van der Waals surface area contributed by atoms with Crippen LogP contribution in [-0.2, 0) is 15.6 Å². The Morgan fingerprint density at radius 2 is 2.12 bits per heavy atom. The number of imidazole rings is 1. The predicted molar refractivity (Wildman–Crippen MR) is 94.6 cm³/mol. The Morgan fingerprint density at radius 3 is 2.85 bits per heavy atom. The van der Waals surface area contributed by atoms with Gasteiger partial charge < -0.3 is 25.2 Å². The number of nitrogens with zero attached hydrogens (tertiary/aromatic N) is 4. The van der Waals surface area contributed by atoms with Crippen molar-refractivity contribution in [3.05, 3.63) is 30.6 Å². The molecule has 0 bridgehead atoms. The smallest absolute Gasteiger partial charge is 0.469 e. The number of anilines is 1. The summed E-state index contributed by atoms with van der Waals surface area (Å²) in [6.07, 6.45) is 1.91. The summed E-state index contributed by atoms with van der Waals surface area (Å²) in [6, 6.07) is 6.72. The molecule has 3 rings (SSSR count). The first kappa shape index (κ1) is 18.6. The molecule has 1 aromatic carbocycles. The number of rotatable bonds is 7. The fourth-order valence-electron chi connectivity index (χ4n) is 2.25. The van der Waals surface area contributed by atoms with Crippen LogP contribution in [-0.4, -0.2) is 41.0 Å². The lowest BCUT2D eigenvalue weighted by atomic mass is 10.3. The molecular weight excluding hydrogens is 381 g/mol. The van der Waals surface area contributed by atoms with E-state index in [4.69, 9.17) is 15.5 Å². The number of aromatic hydroxyl groups is 1. The fraction of sp³-hybridized carbons (Fsp3) is 0.214. The minimum atomic E-state index is -4.47. The van der Waals surface area contributed by atoms with Crippen LogP contribution in [0.4, 0.5) is 5.95 Å². The molecule has 0 atom stereocenters. The molecule has 12 heteroatoms.